The fourth-order valence-corrected chi connectivity index (χ4v) is 0.663. The molecule has 9 heavy (non-hydrogen) atoms. The fraction of sp³-hybridized carbons (Fsp3) is 0.250. The average molecular weight is 120 g/mol. The first-order chi connectivity index (χ1) is 4.33. The lowest BCUT2D eigenvalue weighted by Crippen LogP contribution is -1.88. The second kappa shape index (κ2) is 2.47. The Morgan fingerprint density at radius 2 is 2.33 bits per heavy atom. The maximum atomic E-state index is 10.5. The standard InChI is InChI=1S/C8H8O/c1-2-7-3-5-8(9)6-4-7/h3,5-6H,2H2,1H3. The third-order valence-corrected chi connectivity index (χ3v) is 1.23. The average Bonchev–Trinajstić information content (AvgIpc) is 1.90. The predicted octanol–water partition coefficient (Wildman–Crippen LogP) is 1.62. The van der Waals surface area contributed by atoms with E-state index in [0.717, 1.165) is 12.0 Å². The Morgan fingerprint density at radius 3 is 2.78 bits per heavy atom. The molecule has 1 nitrogen and oxygen atoms in total. The predicted molar refractivity (Wildman–Crippen MR) is 36.0 cm³/mol. The van der Waals surface area contributed by atoms with Crippen LogP contribution in [-0.4, -0.2) is 5.78 Å². The molecule has 0 bridgehead atoms. The summed E-state index contributed by atoms with van der Waals surface area (Å²) in [6.07, 6.45) is 5.79. The van der Waals surface area contributed by atoms with Crippen LogP contribution in [0.1, 0.15) is 13.3 Å². The maximum absolute atomic E-state index is 10.5. The van der Waals surface area contributed by atoms with E-state index >= 15 is 0 Å². The van der Waals surface area contributed by atoms with E-state index in [9.17, 15) is 4.79 Å². The summed E-state index contributed by atoms with van der Waals surface area (Å²) in [5.41, 5.74) is 3.97. The molecule has 0 aromatic heterocycles. The van der Waals surface area contributed by atoms with Crippen LogP contribution < -0.4 is 0 Å². The van der Waals surface area contributed by atoms with Gasteiger partial charge in [0.25, 0.3) is 0 Å². The SMILES string of the molecule is CCC1=C=CC(=O)C=C1. The minimum absolute atomic E-state index is 0.0344. The maximum Gasteiger partial charge on any atom is 0.186 e. The normalized spacial score (nSPS) is 16.1. The minimum Gasteiger partial charge on any atom is -0.289 e. The van der Waals surface area contributed by atoms with Crippen LogP contribution in [0, 0.1) is 0 Å². The van der Waals surface area contributed by atoms with Crippen molar-refractivity contribution < 1.29 is 4.79 Å². The molecule has 1 aliphatic rings. The molecule has 0 unspecified atom stereocenters. The van der Waals surface area contributed by atoms with Gasteiger partial charge in [0, 0.05) is 6.08 Å². The Labute approximate surface area is 54.4 Å². The molecule has 0 aliphatic heterocycles. The fourth-order valence-electron chi connectivity index (χ4n) is 0.663. The zero-order chi connectivity index (χ0) is 6.69. The molecular weight excluding hydrogens is 112 g/mol. The van der Waals surface area contributed by atoms with Crippen LogP contribution in [0.2, 0.25) is 0 Å². The van der Waals surface area contributed by atoms with E-state index in [-0.39, 0.29) is 5.78 Å². The van der Waals surface area contributed by atoms with Gasteiger partial charge in [0.15, 0.2) is 5.78 Å². The van der Waals surface area contributed by atoms with Gasteiger partial charge in [-0.15, -0.1) is 5.73 Å². The molecule has 1 aliphatic carbocycles. The van der Waals surface area contributed by atoms with E-state index in [2.05, 4.69) is 5.73 Å². The van der Waals surface area contributed by atoms with Crippen molar-refractivity contribution in [2.24, 2.45) is 0 Å². The molecule has 0 saturated heterocycles. The Bertz CT molecular complexity index is 215. The molecule has 0 spiro atoms. The lowest BCUT2D eigenvalue weighted by Gasteiger charge is -1.93. The van der Waals surface area contributed by atoms with E-state index in [1.54, 1.807) is 6.08 Å². The van der Waals surface area contributed by atoms with Crippen molar-refractivity contribution in [1.82, 2.24) is 0 Å². The first-order valence-corrected chi connectivity index (χ1v) is 3.00. The van der Waals surface area contributed by atoms with Gasteiger partial charge in [0.05, 0.1) is 0 Å². The Balaban J connectivity index is 2.90. The zero-order valence-corrected chi connectivity index (χ0v) is 5.35. The van der Waals surface area contributed by atoms with Crippen molar-refractivity contribution in [1.29, 1.82) is 0 Å². The van der Waals surface area contributed by atoms with Crippen molar-refractivity contribution in [2.45, 2.75) is 13.3 Å². The molecule has 0 amide bonds. The van der Waals surface area contributed by atoms with Gasteiger partial charge in [-0.25, -0.2) is 0 Å². The van der Waals surface area contributed by atoms with E-state index in [1.807, 2.05) is 13.0 Å². The van der Waals surface area contributed by atoms with Crippen molar-refractivity contribution in [3.63, 3.8) is 0 Å². The van der Waals surface area contributed by atoms with Gasteiger partial charge < -0.3 is 0 Å². The molecule has 0 fully saturated rings. The highest BCUT2D eigenvalue weighted by Gasteiger charge is 1.94. The van der Waals surface area contributed by atoms with Crippen LogP contribution in [-0.2, 0) is 4.79 Å². The lowest BCUT2D eigenvalue weighted by molar-refractivity contribution is -0.110. The van der Waals surface area contributed by atoms with Crippen molar-refractivity contribution >= 4 is 5.78 Å². The molecule has 0 heterocycles. The van der Waals surface area contributed by atoms with Crippen LogP contribution in [0.4, 0.5) is 0 Å². The summed E-state index contributed by atoms with van der Waals surface area (Å²) in [5, 5.41) is 0. The van der Waals surface area contributed by atoms with Crippen molar-refractivity contribution in [3.8, 4) is 0 Å². The van der Waals surface area contributed by atoms with Gasteiger partial charge in [0.2, 0.25) is 0 Å². The lowest BCUT2D eigenvalue weighted by atomic mass is 10.1. The second-order valence-electron chi connectivity index (χ2n) is 1.90. The van der Waals surface area contributed by atoms with Crippen LogP contribution in [0.5, 0.6) is 0 Å². The third kappa shape index (κ3) is 1.41. The van der Waals surface area contributed by atoms with Crippen LogP contribution >= 0.6 is 0 Å². The van der Waals surface area contributed by atoms with Gasteiger partial charge in [-0.05, 0) is 24.1 Å². The second-order valence-corrected chi connectivity index (χ2v) is 1.90. The Hall–Kier alpha value is -1.07. The number of carbonyl (C=O) groups excluding carboxylic acids is 1. The monoisotopic (exact) mass is 120 g/mol. The summed E-state index contributed by atoms with van der Waals surface area (Å²) >= 11 is 0. The van der Waals surface area contributed by atoms with Gasteiger partial charge in [-0.1, -0.05) is 6.92 Å². The molecule has 0 N–H and O–H groups in total. The number of hydrogen-bond acceptors (Lipinski definition) is 1. The first-order valence-electron chi connectivity index (χ1n) is 3.00. The summed E-state index contributed by atoms with van der Waals surface area (Å²) in [7, 11) is 0. The molecule has 46 valence electrons. The number of hydrogen-bond donors (Lipinski definition) is 0. The van der Waals surface area contributed by atoms with E-state index in [1.165, 1.54) is 6.08 Å². The third-order valence-electron chi connectivity index (χ3n) is 1.23. The summed E-state index contributed by atoms with van der Waals surface area (Å²) in [4.78, 5) is 10.5. The number of allylic oxidation sites excluding steroid dienone is 3. The number of ketones is 1. The number of carbonyl (C=O) groups is 1. The van der Waals surface area contributed by atoms with E-state index in [4.69, 9.17) is 0 Å². The van der Waals surface area contributed by atoms with Gasteiger partial charge >= 0.3 is 0 Å². The topological polar surface area (TPSA) is 17.1 Å². The molecule has 0 saturated carbocycles. The summed E-state index contributed by atoms with van der Waals surface area (Å²) in [6.45, 7) is 2.04. The van der Waals surface area contributed by atoms with Crippen molar-refractivity contribution in [3.05, 3.63) is 29.5 Å². The smallest absolute Gasteiger partial charge is 0.186 e. The van der Waals surface area contributed by atoms with E-state index < -0.39 is 0 Å². The van der Waals surface area contributed by atoms with Crippen LogP contribution in [0.3, 0.4) is 0 Å². The quantitative estimate of drug-likeness (QED) is 0.480. The van der Waals surface area contributed by atoms with Crippen molar-refractivity contribution in [2.75, 3.05) is 0 Å². The number of rotatable bonds is 1. The molecule has 0 aromatic rings. The highest BCUT2D eigenvalue weighted by molar-refractivity contribution is 6.00. The van der Waals surface area contributed by atoms with Crippen LogP contribution in [0.15, 0.2) is 29.5 Å². The summed E-state index contributed by atoms with van der Waals surface area (Å²) in [5.74, 6) is 0.0344. The first kappa shape index (κ1) is 6.06. The molecule has 1 rings (SSSR count). The van der Waals surface area contributed by atoms with E-state index in [0.29, 0.717) is 0 Å². The van der Waals surface area contributed by atoms with Gasteiger partial charge in [-0.3, -0.25) is 4.79 Å². The van der Waals surface area contributed by atoms with Crippen LogP contribution in [0.25, 0.3) is 0 Å². The molecular formula is C8H8O. The molecule has 1 heteroatoms. The summed E-state index contributed by atoms with van der Waals surface area (Å²) < 4.78 is 0. The Morgan fingerprint density at radius 1 is 1.56 bits per heavy atom. The summed E-state index contributed by atoms with van der Waals surface area (Å²) in [6, 6.07) is 0. The molecule has 0 atom stereocenters. The van der Waals surface area contributed by atoms with Gasteiger partial charge in [0.1, 0.15) is 0 Å². The largest absolute Gasteiger partial charge is 0.289 e. The Kier molecular flexibility index (Phi) is 1.66. The highest BCUT2D eigenvalue weighted by atomic mass is 16.1. The molecule has 0 aromatic carbocycles. The highest BCUT2D eigenvalue weighted by Crippen LogP contribution is 2.03. The zero-order valence-electron chi connectivity index (χ0n) is 5.35. The minimum atomic E-state index is 0.0344. The van der Waals surface area contributed by atoms with Gasteiger partial charge in [-0.2, -0.15) is 0 Å². The molecule has 0 radical (unpaired) electrons.